The Hall–Kier alpha value is -1.83. The molecule has 1 unspecified atom stereocenters. The van der Waals surface area contributed by atoms with E-state index >= 15 is 0 Å². The molecule has 1 heterocycles. The van der Waals surface area contributed by atoms with E-state index in [9.17, 15) is 14.4 Å². The molecule has 1 aliphatic rings. The van der Waals surface area contributed by atoms with Gasteiger partial charge in [-0.05, 0) is 12.8 Å². The summed E-state index contributed by atoms with van der Waals surface area (Å²) in [4.78, 5) is 38.9. The SMILES string of the molecule is NC(=O)CONC(=O)C1CCCN(C(N)=O)C1. The number of urea groups is 1. The van der Waals surface area contributed by atoms with E-state index in [2.05, 4.69) is 10.3 Å². The smallest absolute Gasteiger partial charge is 0.314 e. The molecule has 8 heteroatoms. The summed E-state index contributed by atoms with van der Waals surface area (Å²) < 4.78 is 0. The number of amides is 4. The van der Waals surface area contributed by atoms with Crippen molar-refractivity contribution in [3.05, 3.63) is 0 Å². The van der Waals surface area contributed by atoms with Crippen molar-refractivity contribution in [1.29, 1.82) is 0 Å². The van der Waals surface area contributed by atoms with Crippen molar-refractivity contribution >= 4 is 17.8 Å². The number of hydrogen-bond donors (Lipinski definition) is 3. The van der Waals surface area contributed by atoms with Crippen LogP contribution in [0.15, 0.2) is 0 Å². The Morgan fingerprint density at radius 3 is 2.65 bits per heavy atom. The van der Waals surface area contributed by atoms with Crippen molar-refractivity contribution in [3.8, 4) is 0 Å². The highest BCUT2D eigenvalue weighted by molar-refractivity contribution is 5.80. The maximum Gasteiger partial charge on any atom is 0.314 e. The Balaban J connectivity index is 2.35. The summed E-state index contributed by atoms with van der Waals surface area (Å²) in [6, 6.07) is -0.541. The molecule has 0 aromatic rings. The molecule has 1 fully saturated rings. The number of rotatable bonds is 4. The highest BCUT2D eigenvalue weighted by Crippen LogP contribution is 2.16. The van der Waals surface area contributed by atoms with Crippen LogP contribution in [0.1, 0.15) is 12.8 Å². The normalized spacial score (nSPS) is 19.8. The number of nitrogens with two attached hydrogens (primary N) is 2. The zero-order valence-electron chi connectivity index (χ0n) is 9.35. The molecule has 8 nitrogen and oxygen atoms in total. The Kier molecular flexibility index (Phi) is 4.70. The minimum absolute atomic E-state index is 0.265. The van der Waals surface area contributed by atoms with Crippen molar-refractivity contribution < 1.29 is 19.2 Å². The first-order valence-electron chi connectivity index (χ1n) is 5.25. The van der Waals surface area contributed by atoms with E-state index < -0.39 is 11.9 Å². The molecule has 0 saturated carbocycles. The standard InChI is InChI=1S/C9H16N4O4/c10-7(14)5-17-12-8(15)6-2-1-3-13(4-6)9(11)16/h6H,1-5H2,(H2,10,14)(H2,11,16)(H,12,15). The number of hydrogen-bond acceptors (Lipinski definition) is 4. The maximum atomic E-state index is 11.6. The lowest BCUT2D eigenvalue weighted by Gasteiger charge is -2.30. The van der Waals surface area contributed by atoms with Gasteiger partial charge in [0.25, 0.3) is 0 Å². The summed E-state index contributed by atoms with van der Waals surface area (Å²) in [6.07, 6.45) is 1.35. The number of piperidine rings is 1. The molecule has 0 aromatic carbocycles. The van der Waals surface area contributed by atoms with Crippen LogP contribution >= 0.6 is 0 Å². The van der Waals surface area contributed by atoms with E-state index in [1.807, 2.05) is 0 Å². The molecular formula is C9H16N4O4. The van der Waals surface area contributed by atoms with Crippen molar-refractivity contribution in [2.24, 2.45) is 17.4 Å². The predicted molar refractivity (Wildman–Crippen MR) is 57.2 cm³/mol. The number of nitrogens with one attached hydrogen (secondary N) is 1. The molecule has 1 rings (SSSR count). The summed E-state index contributed by atoms with van der Waals surface area (Å²) in [5.41, 5.74) is 12.1. The Morgan fingerprint density at radius 1 is 1.35 bits per heavy atom. The van der Waals surface area contributed by atoms with Crippen LogP contribution in [0.5, 0.6) is 0 Å². The number of likely N-dealkylation sites (tertiary alicyclic amines) is 1. The second-order valence-electron chi connectivity index (χ2n) is 3.84. The van der Waals surface area contributed by atoms with Gasteiger partial charge in [-0.2, -0.15) is 0 Å². The van der Waals surface area contributed by atoms with Gasteiger partial charge in [0.05, 0.1) is 5.92 Å². The van der Waals surface area contributed by atoms with Crippen molar-refractivity contribution in [1.82, 2.24) is 10.4 Å². The second-order valence-corrected chi connectivity index (χ2v) is 3.84. The third kappa shape index (κ3) is 4.27. The number of nitrogens with zero attached hydrogens (tertiary/aromatic N) is 1. The zero-order valence-corrected chi connectivity index (χ0v) is 9.35. The van der Waals surface area contributed by atoms with E-state index in [0.717, 1.165) is 0 Å². The number of hydroxylamine groups is 1. The fourth-order valence-electron chi connectivity index (χ4n) is 1.65. The topological polar surface area (TPSA) is 128 Å². The van der Waals surface area contributed by atoms with E-state index in [1.165, 1.54) is 4.90 Å². The molecule has 5 N–H and O–H groups in total. The monoisotopic (exact) mass is 244 g/mol. The van der Waals surface area contributed by atoms with Gasteiger partial charge < -0.3 is 16.4 Å². The second kappa shape index (κ2) is 6.04. The van der Waals surface area contributed by atoms with Gasteiger partial charge in [-0.1, -0.05) is 0 Å². The minimum Gasteiger partial charge on any atom is -0.368 e. The van der Waals surface area contributed by atoms with Crippen LogP contribution in [0.4, 0.5) is 4.79 Å². The van der Waals surface area contributed by atoms with Gasteiger partial charge in [0.1, 0.15) is 0 Å². The van der Waals surface area contributed by atoms with Gasteiger partial charge in [0.2, 0.25) is 11.8 Å². The minimum atomic E-state index is -0.673. The lowest BCUT2D eigenvalue weighted by atomic mass is 9.98. The van der Waals surface area contributed by atoms with Crippen LogP contribution in [0, 0.1) is 5.92 Å². The van der Waals surface area contributed by atoms with Gasteiger partial charge in [-0.25, -0.2) is 10.3 Å². The van der Waals surface area contributed by atoms with Crippen molar-refractivity contribution in [3.63, 3.8) is 0 Å². The summed E-state index contributed by atoms with van der Waals surface area (Å²) in [6.45, 7) is 0.445. The van der Waals surface area contributed by atoms with Gasteiger partial charge in [-0.3, -0.25) is 14.4 Å². The zero-order chi connectivity index (χ0) is 12.8. The highest BCUT2D eigenvalue weighted by atomic mass is 16.7. The Labute approximate surface area is 98.2 Å². The van der Waals surface area contributed by atoms with Crippen LogP contribution < -0.4 is 16.9 Å². The van der Waals surface area contributed by atoms with Crippen LogP contribution in [0.2, 0.25) is 0 Å². The molecule has 1 aliphatic heterocycles. The van der Waals surface area contributed by atoms with Crippen molar-refractivity contribution in [2.75, 3.05) is 19.7 Å². The summed E-state index contributed by atoms with van der Waals surface area (Å²) in [5.74, 6) is -1.42. The fraction of sp³-hybridized carbons (Fsp3) is 0.667. The first kappa shape index (κ1) is 13.2. The molecule has 1 saturated heterocycles. The lowest BCUT2D eigenvalue weighted by Crippen LogP contribution is -2.47. The number of primary amides is 2. The Morgan fingerprint density at radius 2 is 2.06 bits per heavy atom. The van der Waals surface area contributed by atoms with Gasteiger partial charge in [-0.15, -0.1) is 0 Å². The van der Waals surface area contributed by atoms with Gasteiger partial charge in [0.15, 0.2) is 6.61 Å². The van der Waals surface area contributed by atoms with Crippen LogP contribution in [0.3, 0.4) is 0 Å². The maximum absolute atomic E-state index is 11.6. The predicted octanol–water partition coefficient (Wildman–Crippen LogP) is -1.69. The number of carbonyl (C=O) groups is 3. The molecule has 0 spiro atoms. The quantitative estimate of drug-likeness (QED) is 0.510. The molecular weight excluding hydrogens is 228 g/mol. The fourth-order valence-corrected chi connectivity index (χ4v) is 1.65. The summed E-state index contributed by atoms with van der Waals surface area (Å²) >= 11 is 0. The summed E-state index contributed by atoms with van der Waals surface area (Å²) in [5, 5.41) is 0. The molecule has 0 radical (unpaired) electrons. The first-order valence-corrected chi connectivity index (χ1v) is 5.25. The molecule has 1 atom stereocenters. The van der Waals surface area contributed by atoms with Crippen LogP contribution in [-0.2, 0) is 14.4 Å². The highest BCUT2D eigenvalue weighted by Gasteiger charge is 2.27. The third-order valence-electron chi connectivity index (χ3n) is 2.49. The lowest BCUT2D eigenvalue weighted by molar-refractivity contribution is -0.142. The van der Waals surface area contributed by atoms with E-state index in [-0.39, 0.29) is 25.0 Å². The number of carbonyl (C=O) groups excluding carboxylic acids is 3. The molecule has 4 amide bonds. The molecule has 96 valence electrons. The van der Waals surface area contributed by atoms with Crippen LogP contribution in [0.25, 0.3) is 0 Å². The molecule has 0 aliphatic carbocycles. The molecule has 0 bridgehead atoms. The van der Waals surface area contributed by atoms with E-state index in [1.54, 1.807) is 0 Å². The third-order valence-corrected chi connectivity index (χ3v) is 2.49. The van der Waals surface area contributed by atoms with E-state index in [4.69, 9.17) is 11.5 Å². The van der Waals surface area contributed by atoms with Gasteiger partial charge in [0, 0.05) is 13.1 Å². The van der Waals surface area contributed by atoms with E-state index in [0.29, 0.717) is 19.4 Å². The average molecular weight is 244 g/mol. The first-order chi connectivity index (χ1) is 8.00. The van der Waals surface area contributed by atoms with Crippen molar-refractivity contribution in [2.45, 2.75) is 12.8 Å². The average Bonchev–Trinajstić information content (AvgIpc) is 2.28. The largest absolute Gasteiger partial charge is 0.368 e. The summed E-state index contributed by atoms with van der Waals surface area (Å²) in [7, 11) is 0. The van der Waals surface area contributed by atoms with Gasteiger partial charge >= 0.3 is 6.03 Å². The molecule has 17 heavy (non-hydrogen) atoms. The van der Waals surface area contributed by atoms with Crippen LogP contribution in [-0.4, -0.2) is 42.4 Å². The Bertz CT molecular complexity index is 320. The molecule has 0 aromatic heterocycles.